The van der Waals surface area contributed by atoms with Crippen LogP contribution in [0, 0.1) is 0 Å². The van der Waals surface area contributed by atoms with Crippen LogP contribution < -0.4 is 10.2 Å². The first-order chi connectivity index (χ1) is 11.9. The van der Waals surface area contributed by atoms with Crippen molar-refractivity contribution in [2.24, 2.45) is 0 Å². The Kier molecular flexibility index (Phi) is 4.48. The van der Waals surface area contributed by atoms with Crippen LogP contribution in [0.1, 0.15) is 11.1 Å². The molecule has 0 aliphatic carbocycles. The van der Waals surface area contributed by atoms with E-state index in [0.717, 1.165) is 23.4 Å². The van der Waals surface area contributed by atoms with Gasteiger partial charge in [0.25, 0.3) is 0 Å². The molecule has 1 aliphatic rings. The number of aromatic nitrogens is 1. The largest absolute Gasteiger partial charge is 0.416 e. The number of pyridine rings is 1. The monoisotopic (exact) mass is 347 g/mol. The van der Waals surface area contributed by atoms with Gasteiger partial charge in [-0.25, -0.2) is 0 Å². The van der Waals surface area contributed by atoms with Crippen molar-refractivity contribution in [3.8, 4) is 0 Å². The van der Waals surface area contributed by atoms with Crippen molar-refractivity contribution in [2.75, 3.05) is 11.4 Å². The fourth-order valence-electron chi connectivity index (χ4n) is 2.91. The molecule has 0 radical (unpaired) electrons. The van der Waals surface area contributed by atoms with Gasteiger partial charge in [-0.15, -0.1) is 0 Å². The van der Waals surface area contributed by atoms with E-state index in [1.807, 2.05) is 11.0 Å². The van der Waals surface area contributed by atoms with Crippen LogP contribution in [0.25, 0.3) is 0 Å². The summed E-state index contributed by atoms with van der Waals surface area (Å²) in [6.45, 7) is 3.87. The first-order valence-electron chi connectivity index (χ1n) is 7.69. The molecular formula is C18H16F3N3O. The molecule has 1 aromatic heterocycles. The number of nitrogens with one attached hydrogen (secondary N) is 1. The van der Waals surface area contributed by atoms with Gasteiger partial charge < -0.3 is 10.2 Å². The van der Waals surface area contributed by atoms with Gasteiger partial charge >= 0.3 is 6.18 Å². The number of rotatable bonds is 3. The maximum atomic E-state index is 12.8. The summed E-state index contributed by atoms with van der Waals surface area (Å²) in [5.74, 6) is -0.283. The summed E-state index contributed by atoms with van der Waals surface area (Å²) in [4.78, 5) is 17.6. The summed E-state index contributed by atoms with van der Waals surface area (Å²) < 4.78 is 38.3. The average Bonchev–Trinajstić information content (AvgIpc) is 2.60. The predicted molar refractivity (Wildman–Crippen MR) is 88.5 cm³/mol. The Morgan fingerprint density at radius 2 is 2.00 bits per heavy atom. The number of amides is 1. The molecular weight excluding hydrogens is 331 g/mol. The highest BCUT2D eigenvalue weighted by Crippen LogP contribution is 2.35. The molecule has 130 valence electrons. The van der Waals surface area contributed by atoms with Gasteiger partial charge in [-0.2, -0.15) is 13.2 Å². The molecule has 1 atom stereocenters. The fourth-order valence-corrected chi connectivity index (χ4v) is 2.91. The second kappa shape index (κ2) is 6.58. The Labute approximate surface area is 143 Å². The average molecular weight is 347 g/mol. The number of alkyl halides is 3. The van der Waals surface area contributed by atoms with Gasteiger partial charge in [0.1, 0.15) is 0 Å². The van der Waals surface area contributed by atoms with Crippen LogP contribution in [-0.4, -0.2) is 23.5 Å². The number of anilines is 2. The summed E-state index contributed by atoms with van der Waals surface area (Å²) in [6, 6.07) is 6.63. The number of fused-ring (bicyclic) bond motifs is 1. The Morgan fingerprint density at radius 1 is 1.28 bits per heavy atom. The van der Waals surface area contributed by atoms with E-state index in [-0.39, 0.29) is 11.9 Å². The smallest absolute Gasteiger partial charge is 0.348 e. The highest BCUT2D eigenvalue weighted by Gasteiger charge is 2.31. The molecule has 1 amide bonds. The van der Waals surface area contributed by atoms with E-state index >= 15 is 0 Å². The molecule has 0 fully saturated rings. The molecule has 1 aliphatic heterocycles. The topological polar surface area (TPSA) is 45.2 Å². The zero-order valence-corrected chi connectivity index (χ0v) is 13.3. The van der Waals surface area contributed by atoms with Gasteiger partial charge in [-0.05, 0) is 48.4 Å². The van der Waals surface area contributed by atoms with Crippen LogP contribution in [0.3, 0.4) is 0 Å². The molecule has 3 rings (SSSR count). The lowest BCUT2D eigenvalue weighted by molar-refractivity contribution is -0.137. The van der Waals surface area contributed by atoms with Gasteiger partial charge in [0.05, 0.1) is 23.5 Å². The molecule has 4 nitrogen and oxygen atoms in total. The molecule has 1 aromatic carbocycles. The molecule has 25 heavy (non-hydrogen) atoms. The highest BCUT2D eigenvalue weighted by atomic mass is 19.4. The molecule has 2 aromatic rings. The third kappa shape index (κ3) is 3.65. The Hall–Kier alpha value is -2.83. The third-order valence-electron chi connectivity index (χ3n) is 4.09. The van der Waals surface area contributed by atoms with E-state index in [0.29, 0.717) is 18.7 Å². The van der Waals surface area contributed by atoms with Crippen molar-refractivity contribution in [2.45, 2.75) is 18.6 Å². The standard InChI is InChI=1S/C18H16F3N3O/c1-2-17(25)23-14-9-12-7-8-22-10-16(12)24(11-14)15-5-3-13(4-6-15)18(19,20)21/h2-8,10,14H,1,9,11H2,(H,23,25). The number of halogens is 3. The molecule has 1 unspecified atom stereocenters. The lowest BCUT2D eigenvalue weighted by atomic mass is 9.98. The molecule has 0 bridgehead atoms. The zero-order chi connectivity index (χ0) is 18.0. The quantitative estimate of drug-likeness (QED) is 0.865. The molecule has 0 saturated heterocycles. The first-order valence-corrected chi connectivity index (χ1v) is 7.69. The maximum absolute atomic E-state index is 12.8. The van der Waals surface area contributed by atoms with Gasteiger partial charge in [-0.1, -0.05) is 6.58 Å². The number of nitrogens with zero attached hydrogens (tertiary/aromatic N) is 2. The molecule has 0 saturated carbocycles. The van der Waals surface area contributed by atoms with Crippen molar-refractivity contribution in [1.29, 1.82) is 0 Å². The maximum Gasteiger partial charge on any atom is 0.416 e. The number of benzene rings is 1. The lowest BCUT2D eigenvalue weighted by Crippen LogP contribution is -2.46. The Morgan fingerprint density at radius 3 is 2.64 bits per heavy atom. The minimum absolute atomic E-state index is 0.178. The van der Waals surface area contributed by atoms with Gasteiger partial charge in [-0.3, -0.25) is 9.78 Å². The highest BCUT2D eigenvalue weighted by molar-refractivity contribution is 5.87. The lowest BCUT2D eigenvalue weighted by Gasteiger charge is -2.36. The number of carbonyl (C=O) groups is 1. The van der Waals surface area contributed by atoms with Crippen molar-refractivity contribution < 1.29 is 18.0 Å². The van der Waals surface area contributed by atoms with E-state index in [4.69, 9.17) is 0 Å². The van der Waals surface area contributed by atoms with Gasteiger partial charge in [0.2, 0.25) is 5.91 Å². The summed E-state index contributed by atoms with van der Waals surface area (Å²) in [6.07, 6.45) is 0.777. The molecule has 7 heteroatoms. The van der Waals surface area contributed by atoms with Crippen molar-refractivity contribution in [1.82, 2.24) is 10.3 Å². The number of carbonyl (C=O) groups excluding carboxylic acids is 1. The predicted octanol–water partition coefficient (Wildman–Crippen LogP) is 3.47. The Balaban J connectivity index is 1.93. The third-order valence-corrected chi connectivity index (χ3v) is 4.09. The summed E-state index contributed by atoms with van der Waals surface area (Å²) in [7, 11) is 0. The second-order valence-corrected chi connectivity index (χ2v) is 5.77. The minimum atomic E-state index is -4.37. The SMILES string of the molecule is C=CC(=O)NC1Cc2ccncc2N(c2ccc(C(F)(F)F)cc2)C1. The van der Waals surface area contributed by atoms with Crippen LogP contribution in [0.5, 0.6) is 0 Å². The first kappa shape index (κ1) is 17.0. The van der Waals surface area contributed by atoms with Crippen LogP contribution >= 0.6 is 0 Å². The van der Waals surface area contributed by atoms with Crippen LogP contribution in [0.2, 0.25) is 0 Å². The zero-order valence-electron chi connectivity index (χ0n) is 13.3. The minimum Gasteiger partial charge on any atom is -0.348 e. The van der Waals surface area contributed by atoms with E-state index in [2.05, 4.69) is 16.9 Å². The normalized spacial score (nSPS) is 16.9. The van der Waals surface area contributed by atoms with Crippen LogP contribution in [0.4, 0.5) is 24.5 Å². The van der Waals surface area contributed by atoms with Crippen molar-refractivity contribution in [3.05, 3.63) is 66.5 Å². The van der Waals surface area contributed by atoms with E-state index in [9.17, 15) is 18.0 Å². The molecule has 1 N–H and O–H groups in total. The summed E-state index contributed by atoms with van der Waals surface area (Å²) in [5, 5.41) is 2.85. The fraction of sp³-hybridized carbons (Fsp3) is 0.222. The van der Waals surface area contributed by atoms with Crippen LogP contribution in [-0.2, 0) is 17.4 Å². The number of hydrogen-bond acceptors (Lipinski definition) is 3. The van der Waals surface area contributed by atoms with Crippen LogP contribution in [0.15, 0.2) is 55.4 Å². The van der Waals surface area contributed by atoms with E-state index in [1.54, 1.807) is 12.4 Å². The summed E-state index contributed by atoms with van der Waals surface area (Å²) in [5.41, 5.74) is 1.71. The van der Waals surface area contributed by atoms with Gasteiger partial charge in [0, 0.05) is 18.4 Å². The van der Waals surface area contributed by atoms with Crippen molar-refractivity contribution >= 4 is 17.3 Å². The summed E-state index contributed by atoms with van der Waals surface area (Å²) >= 11 is 0. The molecule has 0 spiro atoms. The number of hydrogen-bond donors (Lipinski definition) is 1. The van der Waals surface area contributed by atoms with Crippen molar-refractivity contribution in [3.63, 3.8) is 0 Å². The van der Waals surface area contributed by atoms with E-state index in [1.165, 1.54) is 18.2 Å². The van der Waals surface area contributed by atoms with E-state index < -0.39 is 11.7 Å². The van der Waals surface area contributed by atoms with Gasteiger partial charge in [0.15, 0.2) is 0 Å². The Bertz CT molecular complexity index is 787. The second-order valence-electron chi connectivity index (χ2n) is 5.77. The molecule has 2 heterocycles.